The Morgan fingerprint density at radius 1 is 1.11 bits per heavy atom. The fourth-order valence-electron chi connectivity index (χ4n) is 0.303. The molecule has 0 aliphatic carbocycles. The molecule has 0 aromatic heterocycles. The monoisotopic (exact) mass is 128 g/mol. The third kappa shape index (κ3) is 2.38. The Bertz CT molecular complexity index is 142. The first-order valence-corrected chi connectivity index (χ1v) is 2.02. The first-order valence-electron chi connectivity index (χ1n) is 2.02. The van der Waals surface area contributed by atoms with E-state index in [2.05, 4.69) is 4.74 Å². The Morgan fingerprint density at radius 3 is 1.56 bits per heavy atom. The highest BCUT2D eigenvalue weighted by Gasteiger charge is 2.10. The standard InChI is InChI=1S/C4H2O3.CH2O/c5-3-1-2-4(6)7-3;1-2/h1-2H;1H2. The number of carbonyl (C=O) groups is 3. The topological polar surface area (TPSA) is 60.4 Å². The van der Waals surface area contributed by atoms with Crippen LogP contribution >= 0.6 is 0 Å². The maximum Gasteiger partial charge on any atom is 0.338 e. The molecule has 0 fully saturated rings. The van der Waals surface area contributed by atoms with Gasteiger partial charge in [-0.05, 0) is 0 Å². The molecule has 0 aromatic carbocycles. The van der Waals surface area contributed by atoms with E-state index in [9.17, 15) is 9.59 Å². The van der Waals surface area contributed by atoms with Crippen molar-refractivity contribution in [1.82, 2.24) is 0 Å². The molecular formula is C5H4O4. The first kappa shape index (κ1) is 7.55. The predicted octanol–water partition coefficient (Wildman–Crippen LogP) is -0.559. The van der Waals surface area contributed by atoms with Gasteiger partial charge in [0.15, 0.2) is 0 Å². The molecule has 0 saturated carbocycles. The number of hydrogen-bond donors (Lipinski definition) is 0. The van der Waals surface area contributed by atoms with E-state index >= 15 is 0 Å². The molecule has 1 heterocycles. The lowest BCUT2D eigenvalue weighted by Crippen LogP contribution is -1.96. The minimum absolute atomic E-state index is 0.579. The summed E-state index contributed by atoms with van der Waals surface area (Å²) in [6.07, 6.45) is 2.17. The van der Waals surface area contributed by atoms with Gasteiger partial charge in [0, 0.05) is 12.2 Å². The molecule has 4 nitrogen and oxygen atoms in total. The molecule has 48 valence electrons. The molecule has 0 saturated heterocycles. The largest absolute Gasteiger partial charge is 0.387 e. The summed E-state index contributed by atoms with van der Waals surface area (Å²) in [6.45, 7) is 2.00. The van der Waals surface area contributed by atoms with Gasteiger partial charge in [0.05, 0.1) is 0 Å². The highest BCUT2D eigenvalue weighted by molar-refractivity contribution is 6.04. The Hall–Kier alpha value is -1.45. The molecule has 1 rings (SSSR count). The summed E-state index contributed by atoms with van der Waals surface area (Å²) in [5, 5.41) is 0. The normalized spacial score (nSPS) is 14.2. The molecule has 0 unspecified atom stereocenters. The minimum Gasteiger partial charge on any atom is -0.387 e. The average Bonchev–Trinajstić information content (AvgIpc) is 2.20. The highest BCUT2D eigenvalue weighted by atomic mass is 16.6. The van der Waals surface area contributed by atoms with Crippen molar-refractivity contribution in [1.29, 1.82) is 0 Å². The maximum absolute atomic E-state index is 9.92. The SMILES string of the molecule is C=O.O=C1C=CC(=O)O1. The van der Waals surface area contributed by atoms with Crippen LogP contribution in [-0.4, -0.2) is 18.7 Å². The van der Waals surface area contributed by atoms with Crippen molar-refractivity contribution in [3.05, 3.63) is 12.2 Å². The number of rotatable bonds is 0. The Labute approximate surface area is 51.1 Å². The van der Waals surface area contributed by atoms with Crippen LogP contribution < -0.4 is 0 Å². The van der Waals surface area contributed by atoms with Crippen LogP contribution in [0.15, 0.2) is 12.2 Å². The van der Waals surface area contributed by atoms with Crippen molar-refractivity contribution in [3.8, 4) is 0 Å². The second-order valence-corrected chi connectivity index (χ2v) is 1.07. The quantitative estimate of drug-likeness (QED) is 0.324. The van der Waals surface area contributed by atoms with E-state index in [0.717, 1.165) is 12.2 Å². The molecule has 0 amide bonds. The summed E-state index contributed by atoms with van der Waals surface area (Å²) in [5.74, 6) is -1.16. The molecule has 0 aromatic rings. The van der Waals surface area contributed by atoms with Crippen LogP contribution in [0.4, 0.5) is 0 Å². The molecule has 4 heteroatoms. The van der Waals surface area contributed by atoms with Crippen LogP contribution in [0.2, 0.25) is 0 Å². The molecule has 0 bridgehead atoms. The lowest BCUT2D eigenvalue weighted by atomic mass is 10.6. The van der Waals surface area contributed by atoms with E-state index in [4.69, 9.17) is 4.79 Å². The predicted molar refractivity (Wildman–Crippen MR) is 27.4 cm³/mol. The zero-order valence-corrected chi connectivity index (χ0v) is 4.49. The second kappa shape index (κ2) is 3.54. The van der Waals surface area contributed by atoms with Gasteiger partial charge < -0.3 is 9.53 Å². The van der Waals surface area contributed by atoms with Crippen LogP contribution in [0.5, 0.6) is 0 Å². The summed E-state index contributed by atoms with van der Waals surface area (Å²) in [7, 11) is 0. The van der Waals surface area contributed by atoms with Crippen molar-refractivity contribution in [2.75, 3.05) is 0 Å². The number of ether oxygens (including phenoxy) is 1. The van der Waals surface area contributed by atoms with Crippen molar-refractivity contribution in [2.45, 2.75) is 0 Å². The van der Waals surface area contributed by atoms with Gasteiger partial charge in [-0.3, -0.25) is 0 Å². The molecule has 0 spiro atoms. The van der Waals surface area contributed by atoms with Gasteiger partial charge in [0.2, 0.25) is 0 Å². The molecule has 9 heavy (non-hydrogen) atoms. The van der Waals surface area contributed by atoms with E-state index in [0.29, 0.717) is 0 Å². The lowest BCUT2D eigenvalue weighted by molar-refractivity contribution is -0.150. The lowest BCUT2D eigenvalue weighted by Gasteiger charge is -1.80. The zero-order chi connectivity index (χ0) is 7.28. The Kier molecular flexibility index (Phi) is 2.97. The number of cyclic esters (lactones) is 2. The van der Waals surface area contributed by atoms with Gasteiger partial charge in [-0.15, -0.1) is 0 Å². The van der Waals surface area contributed by atoms with Crippen LogP contribution in [0.3, 0.4) is 0 Å². The maximum atomic E-state index is 9.92. The number of carbonyl (C=O) groups excluding carboxylic acids is 3. The third-order valence-electron chi connectivity index (χ3n) is 0.557. The average molecular weight is 128 g/mol. The number of esters is 2. The fraction of sp³-hybridized carbons (Fsp3) is 0. The van der Waals surface area contributed by atoms with Gasteiger partial charge in [-0.2, -0.15) is 0 Å². The summed E-state index contributed by atoms with van der Waals surface area (Å²) in [6, 6.07) is 0. The van der Waals surface area contributed by atoms with Crippen LogP contribution in [0.25, 0.3) is 0 Å². The summed E-state index contributed by atoms with van der Waals surface area (Å²) >= 11 is 0. The van der Waals surface area contributed by atoms with Gasteiger partial charge >= 0.3 is 11.9 Å². The number of hydrogen-bond acceptors (Lipinski definition) is 4. The van der Waals surface area contributed by atoms with Crippen LogP contribution in [0, 0.1) is 0 Å². The minimum atomic E-state index is -0.579. The van der Waals surface area contributed by atoms with Crippen molar-refractivity contribution in [2.24, 2.45) is 0 Å². The smallest absolute Gasteiger partial charge is 0.338 e. The summed E-state index contributed by atoms with van der Waals surface area (Å²) in [5.41, 5.74) is 0. The first-order chi connectivity index (χ1) is 4.29. The van der Waals surface area contributed by atoms with Gasteiger partial charge in [0.25, 0.3) is 0 Å². The van der Waals surface area contributed by atoms with Crippen molar-refractivity contribution in [3.63, 3.8) is 0 Å². The third-order valence-corrected chi connectivity index (χ3v) is 0.557. The Balaban J connectivity index is 0.000000291. The van der Waals surface area contributed by atoms with Crippen LogP contribution in [0.1, 0.15) is 0 Å². The van der Waals surface area contributed by atoms with Gasteiger partial charge in [-0.25, -0.2) is 9.59 Å². The zero-order valence-electron chi connectivity index (χ0n) is 4.49. The van der Waals surface area contributed by atoms with E-state index in [1.54, 1.807) is 0 Å². The highest BCUT2D eigenvalue weighted by Crippen LogP contribution is 1.92. The molecule has 0 N–H and O–H groups in total. The summed E-state index contributed by atoms with van der Waals surface area (Å²) < 4.78 is 3.97. The van der Waals surface area contributed by atoms with Crippen molar-refractivity contribution >= 4 is 18.7 Å². The van der Waals surface area contributed by atoms with E-state index in [1.807, 2.05) is 6.79 Å². The van der Waals surface area contributed by atoms with Gasteiger partial charge in [0.1, 0.15) is 6.79 Å². The van der Waals surface area contributed by atoms with E-state index in [-0.39, 0.29) is 0 Å². The Morgan fingerprint density at radius 2 is 1.44 bits per heavy atom. The molecule has 1 aliphatic rings. The summed E-state index contributed by atoms with van der Waals surface area (Å²) in [4.78, 5) is 27.8. The van der Waals surface area contributed by atoms with Gasteiger partial charge in [-0.1, -0.05) is 0 Å². The van der Waals surface area contributed by atoms with E-state index in [1.165, 1.54) is 0 Å². The van der Waals surface area contributed by atoms with Crippen LogP contribution in [-0.2, 0) is 19.1 Å². The molecule has 0 atom stereocenters. The van der Waals surface area contributed by atoms with Crippen molar-refractivity contribution < 1.29 is 19.1 Å². The van der Waals surface area contributed by atoms with E-state index < -0.39 is 11.9 Å². The fourth-order valence-corrected chi connectivity index (χ4v) is 0.303. The molecule has 0 radical (unpaired) electrons. The second-order valence-electron chi connectivity index (χ2n) is 1.07. The molecular weight excluding hydrogens is 124 g/mol. The molecule has 1 aliphatic heterocycles.